The van der Waals surface area contributed by atoms with E-state index in [1.165, 1.54) is 0 Å². The molecule has 0 atom stereocenters. The summed E-state index contributed by atoms with van der Waals surface area (Å²) in [5.74, 6) is 0. The van der Waals surface area contributed by atoms with Crippen molar-refractivity contribution in [3.8, 4) is 11.4 Å². The van der Waals surface area contributed by atoms with E-state index in [9.17, 15) is 0 Å². The van der Waals surface area contributed by atoms with E-state index < -0.39 is 8.07 Å². The van der Waals surface area contributed by atoms with Gasteiger partial charge in [-0.1, -0.05) is 25.7 Å². The lowest BCUT2D eigenvalue weighted by Gasteiger charge is -2.15. The lowest BCUT2D eigenvalue weighted by Crippen LogP contribution is -2.22. The molecule has 0 fully saturated rings. The van der Waals surface area contributed by atoms with Crippen LogP contribution in [0.1, 0.15) is 0 Å². The first kappa shape index (κ1) is 15.4. The van der Waals surface area contributed by atoms with Crippen molar-refractivity contribution in [3.63, 3.8) is 0 Å². The van der Waals surface area contributed by atoms with Crippen LogP contribution in [0.2, 0.25) is 25.7 Å². The Morgan fingerprint density at radius 1 is 1.30 bits per heavy atom. The van der Waals surface area contributed by atoms with Gasteiger partial charge in [0.25, 0.3) is 0 Å². The summed E-state index contributed by atoms with van der Waals surface area (Å²) in [5, 5.41) is 4.34. The molecular weight excluding hydrogens is 334 g/mol. The van der Waals surface area contributed by atoms with Gasteiger partial charge in [-0.3, -0.25) is 4.98 Å². The Labute approximate surface area is 129 Å². The quantitative estimate of drug-likeness (QED) is 0.581. The molecule has 4 nitrogen and oxygen atoms in total. The van der Waals surface area contributed by atoms with Crippen molar-refractivity contribution in [1.29, 1.82) is 0 Å². The van der Waals surface area contributed by atoms with Crippen LogP contribution in [-0.2, 0) is 11.5 Å². The molecule has 0 amide bonds. The van der Waals surface area contributed by atoms with Gasteiger partial charge in [-0.2, -0.15) is 5.10 Å². The molecule has 2 aromatic heterocycles. The molecule has 2 aromatic rings. The van der Waals surface area contributed by atoms with Crippen molar-refractivity contribution < 1.29 is 4.74 Å². The standard InChI is InChI=1S/C14H20BrN3OSi/c1-20(2,3)9-8-19-11-18-14(12(15)10-17-18)13-6-4-5-7-16-13/h4-7,10H,8-9,11H2,1-3H3. The van der Waals surface area contributed by atoms with E-state index in [-0.39, 0.29) is 0 Å². The highest BCUT2D eigenvalue weighted by Gasteiger charge is 2.14. The number of rotatable bonds is 6. The fraction of sp³-hybridized carbons (Fsp3) is 0.429. The van der Waals surface area contributed by atoms with Crippen molar-refractivity contribution >= 4 is 24.0 Å². The first-order valence-corrected chi connectivity index (χ1v) is 11.2. The van der Waals surface area contributed by atoms with Gasteiger partial charge < -0.3 is 4.74 Å². The number of ether oxygens (including phenoxy) is 1. The van der Waals surface area contributed by atoms with E-state index in [1.54, 1.807) is 12.4 Å². The second-order valence-corrected chi connectivity index (χ2v) is 12.4. The number of hydrogen-bond donors (Lipinski definition) is 0. The molecule has 0 aliphatic carbocycles. The molecule has 6 heteroatoms. The van der Waals surface area contributed by atoms with Gasteiger partial charge >= 0.3 is 0 Å². The number of halogens is 1. The van der Waals surface area contributed by atoms with Crippen LogP contribution in [-0.4, -0.2) is 29.4 Å². The van der Waals surface area contributed by atoms with Crippen molar-refractivity contribution in [2.24, 2.45) is 0 Å². The number of hydrogen-bond acceptors (Lipinski definition) is 3. The monoisotopic (exact) mass is 353 g/mol. The van der Waals surface area contributed by atoms with E-state index in [0.29, 0.717) is 6.73 Å². The maximum Gasteiger partial charge on any atom is 0.140 e. The second kappa shape index (κ2) is 6.65. The molecule has 0 unspecified atom stereocenters. The van der Waals surface area contributed by atoms with Crippen LogP contribution < -0.4 is 0 Å². The number of pyridine rings is 1. The molecule has 20 heavy (non-hydrogen) atoms. The maximum atomic E-state index is 5.76. The van der Waals surface area contributed by atoms with Crippen molar-refractivity contribution in [3.05, 3.63) is 35.1 Å². The van der Waals surface area contributed by atoms with Crippen LogP contribution in [0.3, 0.4) is 0 Å². The van der Waals surface area contributed by atoms with E-state index in [1.807, 2.05) is 22.9 Å². The molecule has 108 valence electrons. The minimum absolute atomic E-state index is 0.460. The molecule has 0 aromatic carbocycles. The molecule has 0 bridgehead atoms. The lowest BCUT2D eigenvalue weighted by atomic mass is 10.3. The highest BCUT2D eigenvalue weighted by molar-refractivity contribution is 9.10. The normalized spacial score (nSPS) is 11.8. The summed E-state index contributed by atoms with van der Waals surface area (Å²) in [4.78, 5) is 4.37. The van der Waals surface area contributed by atoms with Gasteiger partial charge in [-0.15, -0.1) is 0 Å². The van der Waals surface area contributed by atoms with Gasteiger partial charge in [-0.05, 0) is 34.1 Å². The molecule has 0 saturated carbocycles. The Bertz CT molecular complexity index is 551. The zero-order valence-electron chi connectivity index (χ0n) is 12.1. The summed E-state index contributed by atoms with van der Waals surface area (Å²) in [7, 11) is -1.04. The van der Waals surface area contributed by atoms with Crippen LogP contribution in [0.15, 0.2) is 35.1 Å². The van der Waals surface area contributed by atoms with Crippen LogP contribution >= 0.6 is 15.9 Å². The second-order valence-electron chi connectivity index (χ2n) is 5.90. The van der Waals surface area contributed by atoms with Gasteiger partial charge in [0.1, 0.15) is 12.4 Å². The lowest BCUT2D eigenvalue weighted by molar-refractivity contribution is 0.0797. The van der Waals surface area contributed by atoms with Gasteiger partial charge in [0.2, 0.25) is 0 Å². The minimum atomic E-state index is -1.04. The van der Waals surface area contributed by atoms with Gasteiger partial charge in [-0.25, -0.2) is 4.68 Å². The van der Waals surface area contributed by atoms with Crippen LogP contribution in [0.25, 0.3) is 11.4 Å². The average molecular weight is 354 g/mol. The topological polar surface area (TPSA) is 39.9 Å². The highest BCUT2D eigenvalue weighted by atomic mass is 79.9. The molecule has 0 aliphatic heterocycles. The third-order valence-corrected chi connectivity index (χ3v) is 5.20. The fourth-order valence-corrected chi connectivity index (χ4v) is 3.00. The largest absolute Gasteiger partial charge is 0.360 e. The Morgan fingerprint density at radius 3 is 2.75 bits per heavy atom. The number of nitrogens with zero attached hydrogens (tertiary/aromatic N) is 3. The molecule has 0 spiro atoms. The molecule has 0 N–H and O–H groups in total. The Balaban J connectivity index is 2.03. The molecule has 2 heterocycles. The summed E-state index contributed by atoms with van der Waals surface area (Å²) >= 11 is 3.52. The third-order valence-electron chi connectivity index (χ3n) is 2.91. The summed E-state index contributed by atoms with van der Waals surface area (Å²) in [5.41, 5.74) is 1.85. The smallest absolute Gasteiger partial charge is 0.140 e. The average Bonchev–Trinajstić information content (AvgIpc) is 2.76. The minimum Gasteiger partial charge on any atom is -0.360 e. The van der Waals surface area contributed by atoms with E-state index in [2.05, 4.69) is 45.7 Å². The van der Waals surface area contributed by atoms with Crippen molar-refractivity contribution in [2.75, 3.05) is 6.61 Å². The summed E-state index contributed by atoms with van der Waals surface area (Å²) in [6.45, 7) is 8.29. The first-order chi connectivity index (χ1) is 9.47. The molecular formula is C14H20BrN3OSi. The fourth-order valence-electron chi connectivity index (χ4n) is 1.75. The van der Waals surface area contributed by atoms with Gasteiger partial charge in [0, 0.05) is 20.9 Å². The van der Waals surface area contributed by atoms with E-state index in [0.717, 1.165) is 28.5 Å². The zero-order chi connectivity index (χ0) is 14.6. The van der Waals surface area contributed by atoms with Crippen molar-refractivity contribution in [2.45, 2.75) is 32.4 Å². The Kier molecular flexibility index (Phi) is 5.12. The molecule has 0 radical (unpaired) electrons. The van der Waals surface area contributed by atoms with E-state index in [4.69, 9.17) is 4.74 Å². The predicted octanol–water partition coefficient (Wildman–Crippen LogP) is 4.02. The van der Waals surface area contributed by atoms with E-state index >= 15 is 0 Å². The van der Waals surface area contributed by atoms with Crippen LogP contribution in [0.4, 0.5) is 0 Å². The first-order valence-electron chi connectivity index (χ1n) is 6.68. The summed E-state index contributed by atoms with van der Waals surface area (Å²) in [6, 6.07) is 7.01. The van der Waals surface area contributed by atoms with Crippen LogP contribution in [0.5, 0.6) is 0 Å². The maximum absolute atomic E-state index is 5.76. The zero-order valence-corrected chi connectivity index (χ0v) is 14.7. The van der Waals surface area contributed by atoms with Gasteiger partial charge in [0.15, 0.2) is 0 Å². The number of aromatic nitrogens is 3. The van der Waals surface area contributed by atoms with Gasteiger partial charge in [0.05, 0.1) is 16.4 Å². The molecule has 0 saturated heterocycles. The van der Waals surface area contributed by atoms with Crippen molar-refractivity contribution in [1.82, 2.24) is 14.8 Å². The predicted molar refractivity (Wildman–Crippen MR) is 87.3 cm³/mol. The Morgan fingerprint density at radius 2 is 2.10 bits per heavy atom. The Hall–Kier alpha value is -0.983. The van der Waals surface area contributed by atoms with Crippen LogP contribution in [0, 0.1) is 0 Å². The highest BCUT2D eigenvalue weighted by Crippen LogP contribution is 2.26. The molecule has 2 rings (SSSR count). The molecule has 0 aliphatic rings. The SMILES string of the molecule is C[Si](C)(C)CCOCn1ncc(Br)c1-c1ccccn1. The summed E-state index contributed by atoms with van der Waals surface area (Å²) in [6.07, 6.45) is 3.57. The summed E-state index contributed by atoms with van der Waals surface area (Å²) < 4.78 is 8.54. The third kappa shape index (κ3) is 4.26.